The van der Waals surface area contributed by atoms with Gasteiger partial charge in [0.2, 0.25) is 0 Å². The molecule has 2 aromatic rings. The lowest BCUT2D eigenvalue weighted by molar-refractivity contribution is 0.0956. The smallest absolute Gasteiger partial charge is 0.251 e. The van der Waals surface area contributed by atoms with Crippen molar-refractivity contribution >= 4 is 29.3 Å². The zero-order chi connectivity index (χ0) is 12.8. The van der Waals surface area contributed by atoms with Gasteiger partial charge in [0, 0.05) is 22.9 Å². The Hall–Kier alpha value is -1.53. The molecule has 0 radical (unpaired) electrons. The van der Waals surface area contributed by atoms with E-state index in [9.17, 15) is 4.79 Å². The standard InChI is InChI=1S/C11H11ClN4OS/c12-9-3-1-8(2-4-9)10(17)13-5-6-18-11-14-7-15-16-11/h1-4,7H,5-6H2,(H,13,17)(H,14,15,16). The summed E-state index contributed by atoms with van der Waals surface area (Å²) in [4.78, 5) is 15.7. The molecule has 0 bridgehead atoms. The van der Waals surface area contributed by atoms with Crippen molar-refractivity contribution < 1.29 is 4.79 Å². The summed E-state index contributed by atoms with van der Waals surface area (Å²) in [5.74, 6) is 0.624. The Morgan fingerprint density at radius 1 is 1.39 bits per heavy atom. The first-order valence-electron chi connectivity index (χ1n) is 5.27. The van der Waals surface area contributed by atoms with Gasteiger partial charge in [-0.15, -0.1) is 0 Å². The number of hydrogen-bond acceptors (Lipinski definition) is 4. The molecule has 0 aliphatic carbocycles. The summed E-state index contributed by atoms with van der Waals surface area (Å²) in [6, 6.07) is 6.78. The van der Waals surface area contributed by atoms with Crippen LogP contribution in [-0.2, 0) is 0 Å². The predicted molar refractivity (Wildman–Crippen MR) is 70.9 cm³/mol. The van der Waals surface area contributed by atoms with Crippen molar-refractivity contribution in [3.05, 3.63) is 41.2 Å². The highest BCUT2D eigenvalue weighted by Gasteiger charge is 2.04. The van der Waals surface area contributed by atoms with E-state index in [1.807, 2.05) is 0 Å². The van der Waals surface area contributed by atoms with Crippen molar-refractivity contribution in [1.82, 2.24) is 20.5 Å². The highest BCUT2D eigenvalue weighted by molar-refractivity contribution is 7.99. The molecule has 0 spiro atoms. The van der Waals surface area contributed by atoms with E-state index in [-0.39, 0.29) is 5.91 Å². The summed E-state index contributed by atoms with van der Waals surface area (Å²) in [7, 11) is 0. The number of aromatic amines is 1. The van der Waals surface area contributed by atoms with Crippen molar-refractivity contribution in [3.63, 3.8) is 0 Å². The third-order valence-electron chi connectivity index (χ3n) is 2.13. The van der Waals surface area contributed by atoms with Gasteiger partial charge in [-0.3, -0.25) is 9.89 Å². The quantitative estimate of drug-likeness (QED) is 0.650. The van der Waals surface area contributed by atoms with E-state index in [4.69, 9.17) is 11.6 Å². The van der Waals surface area contributed by atoms with Gasteiger partial charge in [-0.2, -0.15) is 5.10 Å². The predicted octanol–water partition coefficient (Wildman–Crippen LogP) is 1.98. The zero-order valence-corrected chi connectivity index (χ0v) is 11.0. The van der Waals surface area contributed by atoms with Crippen molar-refractivity contribution in [3.8, 4) is 0 Å². The van der Waals surface area contributed by atoms with Gasteiger partial charge in [0.05, 0.1) is 0 Å². The number of nitrogens with one attached hydrogen (secondary N) is 2. The van der Waals surface area contributed by atoms with Gasteiger partial charge in [0.1, 0.15) is 6.33 Å². The summed E-state index contributed by atoms with van der Waals surface area (Å²) in [5.41, 5.74) is 0.601. The van der Waals surface area contributed by atoms with Crippen LogP contribution in [0.15, 0.2) is 35.7 Å². The van der Waals surface area contributed by atoms with E-state index in [1.54, 1.807) is 24.3 Å². The van der Waals surface area contributed by atoms with E-state index in [1.165, 1.54) is 18.1 Å². The second-order valence-corrected chi connectivity index (χ2v) is 4.92. The molecule has 5 nitrogen and oxygen atoms in total. The molecule has 2 N–H and O–H groups in total. The minimum Gasteiger partial charge on any atom is -0.351 e. The molecule has 1 amide bonds. The van der Waals surface area contributed by atoms with E-state index < -0.39 is 0 Å². The number of rotatable bonds is 5. The minimum atomic E-state index is -0.107. The third-order valence-corrected chi connectivity index (χ3v) is 3.26. The lowest BCUT2D eigenvalue weighted by atomic mass is 10.2. The molecule has 0 aliphatic heterocycles. The third kappa shape index (κ3) is 3.75. The van der Waals surface area contributed by atoms with Gasteiger partial charge in [0.15, 0.2) is 5.16 Å². The van der Waals surface area contributed by atoms with Crippen LogP contribution in [-0.4, -0.2) is 33.4 Å². The molecule has 18 heavy (non-hydrogen) atoms. The van der Waals surface area contributed by atoms with Crippen LogP contribution in [0.4, 0.5) is 0 Å². The fraction of sp³-hybridized carbons (Fsp3) is 0.182. The largest absolute Gasteiger partial charge is 0.351 e. The van der Waals surface area contributed by atoms with Crippen LogP contribution in [0.5, 0.6) is 0 Å². The molecule has 0 unspecified atom stereocenters. The first-order chi connectivity index (χ1) is 8.75. The van der Waals surface area contributed by atoms with Gasteiger partial charge in [-0.05, 0) is 24.3 Å². The SMILES string of the molecule is O=C(NCCSc1ncn[nH]1)c1ccc(Cl)cc1. The van der Waals surface area contributed by atoms with Crippen LogP contribution < -0.4 is 5.32 Å². The van der Waals surface area contributed by atoms with Crippen molar-refractivity contribution in [2.75, 3.05) is 12.3 Å². The number of amides is 1. The highest BCUT2D eigenvalue weighted by Crippen LogP contribution is 2.10. The van der Waals surface area contributed by atoms with E-state index in [0.717, 1.165) is 10.9 Å². The molecule has 1 heterocycles. The molecule has 1 aromatic carbocycles. The second kappa shape index (κ2) is 6.42. The van der Waals surface area contributed by atoms with Crippen LogP contribution in [0.3, 0.4) is 0 Å². The second-order valence-electron chi connectivity index (χ2n) is 3.40. The number of carbonyl (C=O) groups is 1. The number of H-pyrrole nitrogens is 1. The lowest BCUT2D eigenvalue weighted by Gasteiger charge is -2.04. The van der Waals surface area contributed by atoms with Gasteiger partial charge in [0.25, 0.3) is 5.91 Å². The Kier molecular flexibility index (Phi) is 4.60. The summed E-state index contributed by atoms with van der Waals surface area (Å²) in [5, 5.41) is 10.7. The molecular formula is C11H11ClN4OS. The van der Waals surface area contributed by atoms with Gasteiger partial charge >= 0.3 is 0 Å². The number of carbonyl (C=O) groups excluding carboxylic acids is 1. The molecule has 0 atom stereocenters. The molecule has 0 aliphatic rings. The van der Waals surface area contributed by atoms with Crippen molar-refractivity contribution in [2.45, 2.75) is 5.16 Å². The number of halogens is 1. The first-order valence-corrected chi connectivity index (χ1v) is 6.64. The molecule has 94 valence electrons. The normalized spacial score (nSPS) is 10.3. The van der Waals surface area contributed by atoms with Crippen molar-refractivity contribution in [2.24, 2.45) is 0 Å². The lowest BCUT2D eigenvalue weighted by Crippen LogP contribution is -2.25. The Balaban J connectivity index is 1.73. The zero-order valence-electron chi connectivity index (χ0n) is 9.39. The number of aromatic nitrogens is 3. The van der Waals surface area contributed by atoms with Crippen LogP contribution in [0.2, 0.25) is 5.02 Å². The van der Waals surface area contributed by atoms with Crippen LogP contribution >= 0.6 is 23.4 Å². The molecular weight excluding hydrogens is 272 g/mol. The fourth-order valence-electron chi connectivity index (χ4n) is 1.28. The molecule has 1 aromatic heterocycles. The molecule has 0 saturated heterocycles. The number of hydrogen-bond donors (Lipinski definition) is 2. The molecule has 0 fully saturated rings. The molecule has 7 heteroatoms. The average Bonchev–Trinajstić information content (AvgIpc) is 2.88. The van der Waals surface area contributed by atoms with Gasteiger partial charge in [-0.1, -0.05) is 23.4 Å². The minimum absolute atomic E-state index is 0.107. The van der Waals surface area contributed by atoms with E-state index in [2.05, 4.69) is 20.5 Å². The van der Waals surface area contributed by atoms with Gasteiger partial charge in [-0.25, -0.2) is 4.98 Å². The maximum atomic E-state index is 11.7. The highest BCUT2D eigenvalue weighted by atomic mass is 35.5. The Bertz CT molecular complexity index is 500. The summed E-state index contributed by atoms with van der Waals surface area (Å²) < 4.78 is 0. The monoisotopic (exact) mass is 282 g/mol. The number of nitrogens with zero attached hydrogens (tertiary/aromatic N) is 2. The summed E-state index contributed by atoms with van der Waals surface area (Å²) in [6.45, 7) is 0.562. The van der Waals surface area contributed by atoms with Crippen LogP contribution in [0.1, 0.15) is 10.4 Å². The summed E-state index contributed by atoms with van der Waals surface area (Å²) in [6.07, 6.45) is 1.45. The fourth-order valence-corrected chi connectivity index (χ4v) is 2.04. The molecule has 0 saturated carbocycles. The summed E-state index contributed by atoms with van der Waals surface area (Å²) >= 11 is 7.25. The van der Waals surface area contributed by atoms with Crippen molar-refractivity contribution in [1.29, 1.82) is 0 Å². The maximum absolute atomic E-state index is 11.7. The van der Waals surface area contributed by atoms with Crippen LogP contribution in [0, 0.1) is 0 Å². The van der Waals surface area contributed by atoms with E-state index >= 15 is 0 Å². The number of benzene rings is 1. The maximum Gasteiger partial charge on any atom is 0.251 e. The van der Waals surface area contributed by atoms with Crippen LogP contribution in [0.25, 0.3) is 0 Å². The Morgan fingerprint density at radius 3 is 2.83 bits per heavy atom. The Labute approximate surface area is 113 Å². The number of thioether (sulfide) groups is 1. The topological polar surface area (TPSA) is 70.7 Å². The average molecular weight is 283 g/mol. The Morgan fingerprint density at radius 2 is 2.17 bits per heavy atom. The van der Waals surface area contributed by atoms with E-state index in [0.29, 0.717) is 17.1 Å². The first kappa shape index (κ1) is 12.9. The molecule has 2 rings (SSSR count). The van der Waals surface area contributed by atoms with Gasteiger partial charge < -0.3 is 5.32 Å².